The largest absolute Gasteiger partial charge is 0.496 e. The molecule has 0 aliphatic rings. The lowest BCUT2D eigenvalue weighted by Gasteiger charge is -2.11. The molecule has 1 aromatic heterocycles. The number of methoxy groups -OCH3 is 1. The van der Waals surface area contributed by atoms with E-state index in [0.717, 1.165) is 0 Å². The first-order valence-electron chi connectivity index (χ1n) is 7.64. The first kappa shape index (κ1) is 19.4. The predicted molar refractivity (Wildman–Crippen MR) is 94.4 cm³/mol. The summed E-state index contributed by atoms with van der Waals surface area (Å²) in [6.07, 6.45) is 1.39. The van der Waals surface area contributed by atoms with E-state index in [9.17, 15) is 14.4 Å². The molecule has 0 aliphatic carbocycles. The Morgan fingerprint density at radius 2 is 1.96 bits per heavy atom. The number of halogens is 1. The molecule has 26 heavy (non-hydrogen) atoms. The number of hydrogen-bond acceptors (Lipinski definition) is 6. The average molecular weight is 377 g/mol. The van der Waals surface area contributed by atoms with Gasteiger partial charge in [0.2, 0.25) is 0 Å². The number of benzene rings is 1. The van der Waals surface area contributed by atoms with E-state index in [0.29, 0.717) is 21.9 Å². The van der Waals surface area contributed by atoms with Crippen LogP contribution in [0.4, 0.5) is 0 Å². The van der Waals surface area contributed by atoms with Gasteiger partial charge in [0.1, 0.15) is 24.6 Å². The number of rotatable bonds is 7. The molecule has 2 aromatic rings. The molecule has 0 saturated heterocycles. The lowest BCUT2D eigenvalue weighted by atomic mass is 10.1. The molecular weight excluding hydrogens is 360 g/mol. The van der Waals surface area contributed by atoms with Gasteiger partial charge >= 0.3 is 5.97 Å². The van der Waals surface area contributed by atoms with Crippen LogP contribution in [0.15, 0.2) is 36.5 Å². The summed E-state index contributed by atoms with van der Waals surface area (Å²) < 4.78 is 10.3. The minimum absolute atomic E-state index is 0.0889. The first-order chi connectivity index (χ1) is 12.4. The Morgan fingerprint density at radius 1 is 1.19 bits per heavy atom. The number of Topliss-reactive ketones (excluding diaryl/α,β-unsaturated/α-hetero) is 1. The van der Waals surface area contributed by atoms with E-state index < -0.39 is 11.9 Å². The van der Waals surface area contributed by atoms with Crippen molar-refractivity contribution < 1.29 is 23.9 Å². The van der Waals surface area contributed by atoms with Crippen molar-refractivity contribution in [2.45, 2.75) is 13.5 Å². The SMILES string of the molecule is COc1ccc(C(C)=O)cc1COC(=O)CNC(=O)c1cc(Cl)ccn1. The number of carbonyl (C=O) groups is 3. The summed E-state index contributed by atoms with van der Waals surface area (Å²) in [5.41, 5.74) is 1.13. The van der Waals surface area contributed by atoms with Gasteiger partial charge in [-0.05, 0) is 37.3 Å². The molecule has 136 valence electrons. The van der Waals surface area contributed by atoms with Crippen LogP contribution in [-0.2, 0) is 16.1 Å². The Hall–Kier alpha value is -2.93. The number of nitrogens with one attached hydrogen (secondary N) is 1. The van der Waals surface area contributed by atoms with E-state index in [-0.39, 0.29) is 24.6 Å². The van der Waals surface area contributed by atoms with Crippen LogP contribution in [-0.4, -0.2) is 36.3 Å². The molecular formula is C18H17ClN2O5. The minimum Gasteiger partial charge on any atom is -0.496 e. The second kappa shape index (κ2) is 8.96. The molecule has 0 atom stereocenters. The van der Waals surface area contributed by atoms with Gasteiger partial charge in [-0.1, -0.05) is 11.6 Å². The van der Waals surface area contributed by atoms with E-state index in [1.807, 2.05) is 0 Å². The minimum atomic E-state index is -0.643. The zero-order valence-corrected chi connectivity index (χ0v) is 15.0. The third-order valence-corrected chi connectivity index (χ3v) is 3.66. The maximum absolute atomic E-state index is 11.9. The number of ether oxygens (including phenoxy) is 2. The van der Waals surface area contributed by atoms with E-state index in [1.54, 1.807) is 18.2 Å². The van der Waals surface area contributed by atoms with Crippen molar-refractivity contribution in [3.8, 4) is 5.75 Å². The summed E-state index contributed by atoms with van der Waals surface area (Å²) in [6, 6.07) is 7.79. The van der Waals surface area contributed by atoms with E-state index in [1.165, 1.54) is 32.4 Å². The lowest BCUT2D eigenvalue weighted by molar-refractivity contribution is -0.143. The Morgan fingerprint density at radius 3 is 2.62 bits per heavy atom. The fourth-order valence-corrected chi connectivity index (χ4v) is 2.25. The normalized spacial score (nSPS) is 10.1. The maximum atomic E-state index is 11.9. The highest BCUT2D eigenvalue weighted by Gasteiger charge is 2.13. The third kappa shape index (κ3) is 5.29. The molecule has 0 spiro atoms. The lowest BCUT2D eigenvalue weighted by Crippen LogP contribution is -2.31. The number of hydrogen-bond donors (Lipinski definition) is 1. The molecule has 1 aromatic carbocycles. The highest BCUT2D eigenvalue weighted by atomic mass is 35.5. The molecule has 0 radical (unpaired) electrons. The van der Waals surface area contributed by atoms with Crippen LogP contribution in [0, 0.1) is 0 Å². The molecule has 0 bridgehead atoms. The Bertz CT molecular complexity index is 838. The van der Waals surface area contributed by atoms with Gasteiger partial charge in [0.05, 0.1) is 7.11 Å². The van der Waals surface area contributed by atoms with E-state index >= 15 is 0 Å². The number of carbonyl (C=O) groups excluding carboxylic acids is 3. The summed E-state index contributed by atoms with van der Waals surface area (Å²) in [5, 5.41) is 2.77. The van der Waals surface area contributed by atoms with Crippen LogP contribution in [0.25, 0.3) is 0 Å². The molecule has 1 N–H and O–H groups in total. The van der Waals surface area contributed by atoms with Crippen molar-refractivity contribution in [1.82, 2.24) is 10.3 Å². The summed E-state index contributed by atoms with van der Waals surface area (Å²) in [4.78, 5) is 39.1. The molecule has 8 heteroatoms. The zero-order valence-electron chi connectivity index (χ0n) is 14.2. The maximum Gasteiger partial charge on any atom is 0.325 e. The standard InChI is InChI=1S/C18H17ClN2O5/c1-11(22)12-3-4-16(25-2)13(7-12)10-26-17(23)9-21-18(24)15-8-14(19)5-6-20-15/h3-8H,9-10H2,1-2H3,(H,21,24). The van der Waals surface area contributed by atoms with Crippen molar-refractivity contribution in [1.29, 1.82) is 0 Å². The Labute approximate surface area is 155 Å². The van der Waals surface area contributed by atoms with Gasteiger partial charge in [-0.15, -0.1) is 0 Å². The number of aromatic nitrogens is 1. The topological polar surface area (TPSA) is 94.6 Å². The molecule has 1 amide bonds. The zero-order chi connectivity index (χ0) is 19.1. The second-order valence-corrected chi connectivity index (χ2v) is 5.72. The van der Waals surface area contributed by atoms with Gasteiger partial charge in [-0.3, -0.25) is 19.4 Å². The first-order valence-corrected chi connectivity index (χ1v) is 8.01. The number of nitrogens with zero attached hydrogens (tertiary/aromatic N) is 1. The van der Waals surface area contributed by atoms with Crippen molar-refractivity contribution in [3.63, 3.8) is 0 Å². The molecule has 0 unspecified atom stereocenters. The number of pyridine rings is 1. The molecule has 1 heterocycles. The van der Waals surface area contributed by atoms with Gasteiger partial charge in [0.15, 0.2) is 5.78 Å². The summed E-state index contributed by atoms with van der Waals surface area (Å²) in [6.45, 7) is 1.02. The second-order valence-electron chi connectivity index (χ2n) is 5.29. The number of amides is 1. The van der Waals surface area contributed by atoms with Crippen LogP contribution < -0.4 is 10.1 Å². The van der Waals surface area contributed by atoms with Crippen molar-refractivity contribution in [2.24, 2.45) is 0 Å². The summed E-state index contributed by atoms with van der Waals surface area (Å²) >= 11 is 5.79. The molecule has 0 saturated carbocycles. The van der Waals surface area contributed by atoms with Crippen LogP contribution in [0.2, 0.25) is 5.02 Å². The van der Waals surface area contributed by atoms with Gasteiger partial charge in [0.25, 0.3) is 5.91 Å². The fraction of sp³-hybridized carbons (Fsp3) is 0.222. The van der Waals surface area contributed by atoms with Crippen LogP contribution in [0.1, 0.15) is 33.3 Å². The van der Waals surface area contributed by atoms with Gasteiger partial charge in [-0.2, -0.15) is 0 Å². The van der Waals surface area contributed by atoms with Crippen LogP contribution in [0.5, 0.6) is 5.75 Å². The van der Waals surface area contributed by atoms with Gasteiger partial charge < -0.3 is 14.8 Å². The van der Waals surface area contributed by atoms with Crippen LogP contribution in [0.3, 0.4) is 0 Å². The Balaban J connectivity index is 1.91. The van der Waals surface area contributed by atoms with Crippen molar-refractivity contribution in [2.75, 3.05) is 13.7 Å². The van der Waals surface area contributed by atoms with Crippen LogP contribution >= 0.6 is 11.6 Å². The highest BCUT2D eigenvalue weighted by molar-refractivity contribution is 6.30. The van der Waals surface area contributed by atoms with E-state index in [4.69, 9.17) is 21.1 Å². The van der Waals surface area contributed by atoms with Gasteiger partial charge in [0, 0.05) is 22.3 Å². The predicted octanol–water partition coefficient (Wildman–Crippen LogP) is 2.42. The quantitative estimate of drug-likeness (QED) is 0.589. The molecule has 7 nitrogen and oxygen atoms in total. The summed E-state index contributed by atoms with van der Waals surface area (Å²) in [7, 11) is 1.48. The highest BCUT2D eigenvalue weighted by Crippen LogP contribution is 2.21. The smallest absolute Gasteiger partial charge is 0.325 e. The fourth-order valence-electron chi connectivity index (χ4n) is 2.09. The third-order valence-electron chi connectivity index (χ3n) is 3.42. The molecule has 0 aliphatic heterocycles. The summed E-state index contributed by atoms with van der Waals surface area (Å²) in [5.74, 6) is -0.798. The Kier molecular flexibility index (Phi) is 6.68. The number of ketones is 1. The monoisotopic (exact) mass is 376 g/mol. The average Bonchev–Trinajstić information content (AvgIpc) is 2.64. The van der Waals surface area contributed by atoms with Crippen molar-refractivity contribution in [3.05, 3.63) is 58.4 Å². The van der Waals surface area contributed by atoms with E-state index in [2.05, 4.69) is 10.3 Å². The van der Waals surface area contributed by atoms with Crippen molar-refractivity contribution >= 4 is 29.3 Å². The van der Waals surface area contributed by atoms with Gasteiger partial charge in [-0.25, -0.2) is 0 Å². The molecule has 2 rings (SSSR count). The molecule has 0 fully saturated rings. The number of esters is 1.